The van der Waals surface area contributed by atoms with Crippen LogP contribution in [0.15, 0.2) is 18.2 Å². The minimum absolute atomic E-state index is 0.758. The molecule has 1 saturated heterocycles. The second kappa shape index (κ2) is 5.69. The van der Waals surface area contributed by atoms with Crippen LogP contribution in [-0.2, 0) is 22.7 Å². The van der Waals surface area contributed by atoms with Crippen molar-refractivity contribution in [1.29, 1.82) is 0 Å². The molecular weight excluding hydrogens is 228 g/mol. The average Bonchev–Trinajstić information content (AvgIpc) is 2.87. The smallest absolute Gasteiger partial charge is 0.0725 e. The molecule has 1 aromatic carbocycles. The lowest BCUT2D eigenvalue weighted by Gasteiger charge is -2.26. The lowest BCUT2D eigenvalue weighted by molar-refractivity contribution is 0.0398. The van der Waals surface area contributed by atoms with Gasteiger partial charge in [-0.2, -0.15) is 0 Å². The Bertz CT molecular complexity index is 403. The van der Waals surface area contributed by atoms with E-state index in [9.17, 15) is 0 Å². The van der Waals surface area contributed by atoms with Crippen LogP contribution in [0.2, 0.25) is 0 Å². The van der Waals surface area contributed by atoms with Crippen molar-refractivity contribution in [3.8, 4) is 0 Å². The summed E-state index contributed by atoms with van der Waals surface area (Å²) in [6.07, 6.45) is 0. The van der Waals surface area contributed by atoms with Crippen LogP contribution in [-0.4, -0.2) is 44.3 Å². The molecule has 0 spiro atoms. The van der Waals surface area contributed by atoms with Crippen molar-refractivity contribution in [1.82, 2.24) is 4.90 Å². The van der Waals surface area contributed by atoms with Gasteiger partial charge in [0, 0.05) is 31.9 Å². The SMILES string of the molecule is c1cc2c(cc1NCCN1CCOCC1)COC2. The molecule has 2 heterocycles. The Balaban J connectivity index is 1.48. The number of benzene rings is 1. The molecule has 2 aliphatic heterocycles. The van der Waals surface area contributed by atoms with Gasteiger partial charge in [0.15, 0.2) is 0 Å². The molecule has 0 aromatic heterocycles. The highest BCUT2D eigenvalue weighted by Crippen LogP contribution is 2.22. The van der Waals surface area contributed by atoms with Crippen LogP contribution in [0.5, 0.6) is 0 Å². The summed E-state index contributed by atoms with van der Waals surface area (Å²) in [5.74, 6) is 0. The summed E-state index contributed by atoms with van der Waals surface area (Å²) in [5, 5.41) is 3.48. The minimum Gasteiger partial charge on any atom is -0.384 e. The number of nitrogens with one attached hydrogen (secondary N) is 1. The molecule has 4 nitrogen and oxygen atoms in total. The molecule has 0 bridgehead atoms. The number of fused-ring (bicyclic) bond motifs is 1. The lowest BCUT2D eigenvalue weighted by Crippen LogP contribution is -2.39. The lowest BCUT2D eigenvalue weighted by atomic mass is 10.1. The Hall–Kier alpha value is -1.10. The van der Waals surface area contributed by atoms with Gasteiger partial charge < -0.3 is 14.8 Å². The van der Waals surface area contributed by atoms with Crippen LogP contribution < -0.4 is 5.32 Å². The summed E-state index contributed by atoms with van der Waals surface area (Å²) in [4.78, 5) is 2.44. The van der Waals surface area contributed by atoms with Crippen molar-refractivity contribution >= 4 is 5.69 Å². The molecular formula is C14H20N2O2. The normalized spacial score (nSPS) is 19.8. The van der Waals surface area contributed by atoms with Gasteiger partial charge in [-0.15, -0.1) is 0 Å². The van der Waals surface area contributed by atoms with Crippen molar-refractivity contribution in [2.75, 3.05) is 44.7 Å². The first-order chi connectivity index (χ1) is 8.92. The number of ether oxygens (including phenoxy) is 2. The van der Waals surface area contributed by atoms with Crippen LogP contribution in [0.4, 0.5) is 5.69 Å². The Labute approximate surface area is 108 Å². The molecule has 0 radical (unpaired) electrons. The number of rotatable bonds is 4. The fourth-order valence-electron chi connectivity index (χ4n) is 2.47. The maximum atomic E-state index is 5.42. The molecule has 0 aliphatic carbocycles. The zero-order valence-electron chi connectivity index (χ0n) is 10.7. The van der Waals surface area contributed by atoms with Crippen molar-refractivity contribution in [3.63, 3.8) is 0 Å². The Morgan fingerprint density at radius 1 is 1.06 bits per heavy atom. The average molecular weight is 248 g/mol. The molecule has 1 aromatic rings. The van der Waals surface area contributed by atoms with Gasteiger partial charge in [0.05, 0.1) is 26.4 Å². The highest BCUT2D eigenvalue weighted by atomic mass is 16.5. The first kappa shape index (κ1) is 12.0. The number of morpholine rings is 1. The van der Waals surface area contributed by atoms with Crippen molar-refractivity contribution in [2.24, 2.45) is 0 Å². The number of nitrogens with zero attached hydrogens (tertiary/aromatic N) is 1. The predicted octanol–water partition coefficient (Wildman–Crippen LogP) is 1.46. The third kappa shape index (κ3) is 2.83. The molecule has 98 valence electrons. The molecule has 0 saturated carbocycles. The first-order valence-corrected chi connectivity index (χ1v) is 6.65. The molecule has 1 N–H and O–H groups in total. The van der Waals surface area contributed by atoms with E-state index in [1.54, 1.807) is 0 Å². The van der Waals surface area contributed by atoms with Crippen molar-refractivity contribution < 1.29 is 9.47 Å². The summed E-state index contributed by atoms with van der Waals surface area (Å²) in [6.45, 7) is 7.44. The van der Waals surface area contributed by atoms with Crippen LogP contribution in [0.1, 0.15) is 11.1 Å². The predicted molar refractivity (Wildman–Crippen MR) is 70.7 cm³/mol. The van der Waals surface area contributed by atoms with E-state index >= 15 is 0 Å². The van der Waals surface area contributed by atoms with E-state index in [4.69, 9.17) is 9.47 Å². The van der Waals surface area contributed by atoms with Gasteiger partial charge in [-0.05, 0) is 23.3 Å². The summed E-state index contributed by atoms with van der Waals surface area (Å²) < 4.78 is 10.8. The standard InChI is InChI=1S/C14H20N2O2/c1-2-14(9-13-11-18-10-12(1)13)15-3-4-16-5-7-17-8-6-16/h1-2,9,15H,3-8,10-11H2. The van der Waals surface area contributed by atoms with Gasteiger partial charge in [-0.1, -0.05) is 6.07 Å². The fourth-order valence-corrected chi connectivity index (χ4v) is 2.47. The van der Waals surface area contributed by atoms with Crippen LogP contribution in [0.25, 0.3) is 0 Å². The van der Waals surface area contributed by atoms with Gasteiger partial charge >= 0.3 is 0 Å². The Kier molecular flexibility index (Phi) is 3.78. The zero-order valence-corrected chi connectivity index (χ0v) is 10.7. The highest BCUT2D eigenvalue weighted by Gasteiger charge is 2.12. The molecule has 0 atom stereocenters. The van der Waals surface area contributed by atoms with E-state index in [0.717, 1.165) is 52.6 Å². The number of anilines is 1. The van der Waals surface area contributed by atoms with Gasteiger partial charge in [-0.25, -0.2) is 0 Å². The van der Waals surface area contributed by atoms with Gasteiger partial charge in [0.2, 0.25) is 0 Å². The van der Waals surface area contributed by atoms with E-state index < -0.39 is 0 Å². The van der Waals surface area contributed by atoms with Crippen LogP contribution in [0, 0.1) is 0 Å². The Morgan fingerprint density at radius 3 is 2.78 bits per heavy atom. The zero-order chi connectivity index (χ0) is 12.2. The molecule has 0 amide bonds. The Morgan fingerprint density at radius 2 is 1.89 bits per heavy atom. The summed E-state index contributed by atoms with van der Waals surface area (Å²) in [6, 6.07) is 6.52. The number of hydrogen-bond donors (Lipinski definition) is 1. The monoisotopic (exact) mass is 248 g/mol. The molecule has 4 heteroatoms. The van der Waals surface area contributed by atoms with Gasteiger partial charge in [0.1, 0.15) is 0 Å². The van der Waals surface area contributed by atoms with Crippen LogP contribution >= 0.6 is 0 Å². The van der Waals surface area contributed by atoms with E-state index in [-0.39, 0.29) is 0 Å². The third-order valence-electron chi connectivity index (χ3n) is 3.58. The largest absolute Gasteiger partial charge is 0.384 e. The van der Waals surface area contributed by atoms with E-state index in [1.807, 2.05) is 0 Å². The van der Waals surface area contributed by atoms with E-state index in [0.29, 0.717) is 0 Å². The maximum Gasteiger partial charge on any atom is 0.0725 e. The van der Waals surface area contributed by atoms with E-state index in [1.165, 1.54) is 16.8 Å². The molecule has 3 rings (SSSR count). The molecule has 2 aliphatic rings. The number of hydrogen-bond acceptors (Lipinski definition) is 4. The molecule has 18 heavy (non-hydrogen) atoms. The fraction of sp³-hybridized carbons (Fsp3) is 0.571. The summed E-state index contributed by atoms with van der Waals surface area (Å²) in [5.41, 5.74) is 3.85. The highest BCUT2D eigenvalue weighted by molar-refractivity contribution is 5.49. The third-order valence-corrected chi connectivity index (χ3v) is 3.58. The quantitative estimate of drug-likeness (QED) is 0.874. The first-order valence-electron chi connectivity index (χ1n) is 6.65. The van der Waals surface area contributed by atoms with E-state index in [2.05, 4.69) is 28.4 Å². The van der Waals surface area contributed by atoms with Crippen molar-refractivity contribution in [3.05, 3.63) is 29.3 Å². The van der Waals surface area contributed by atoms with Gasteiger partial charge in [0.25, 0.3) is 0 Å². The van der Waals surface area contributed by atoms with Gasteiger partial charge in [-0.3, -0.25) is 4.90 Å². The van der Waals surface area contributed by atoms with Crippen LogP contribution in [0.3, 0.4) is 0 Å². The van der Waals surface area contributed by atoms with Crippen molar-refractivity contribution in [2.45, 2.75) is 13.2 Å². The summed E-state index contributed by atoms with van der Waals surface area (Å²) >= 11 is 0. The molecule has 0 unspecified atom stereocenters. The minimum atomic E-state index is 0.758. The maximum absolute atomic E-state index is 5.42. The second-order valence-electron chi connectivity index (χ2n) is 4.86. The second-order valence-corrected chi connectivity index (χ2v) is 4.86. The molecule has 1 fully saturated rings. The summed E-state index contributed by atoms with van der Waals surface area (Å²) in [7, 11) is 0. The topological polar surface area (TPSA) is 33.7 Å².